The van der Waals surface area contributed by atoms with Gasteiger partial charge in [-0.05, 0) is 51.9 Å². The summed E-state index contributed by atoms with van der Waals surface area (Å²) in [6, 6.07) is 5.85. The number of alkyl halides is 2. The Morgan fingerprint density at radius 2 is 2.00 bits per heavy atom. The van der Waals surface area contributed by atoms with E-state index in [4.69, 9.17) is 9.72 Å². The molecular weight excluding hydrogens is 404 g/mol. The van der Waals surface area contributed by atoms with Crippen molar-refractivity contribution < 1.29 is 18.3 Å². The fourth-order valence-corrected chi connectivity index (χ4v) is 3.70. The monoisotopic (exact) mass is 429 g/mol. The van der Waals surface area contributed by atoms with Crippen LogP contribution in [-0.4, -0.2) is 39.5 Å². The van der Waals surface area contributed by atoms with E-state index in [2.05, 4.69) is 15.6 Å². The highest BCUT2D eigenvalue weighted by molar-refractivity contribution is 6.05. The summed E-state index contributed by atoms with van der Waals surface area (Å²) < 4.78 is 33.5. The van der Waals surface area contributed by atoms with Gasteiger partial charge in [-0.25, -0.2) is 18.7 Å². The zero-order chi connectivity index (χ0) is 22.0. The van der Waals surface area contributed by atoms with Crippen LogP contribution in [0.15, 0.2) is 36.7 Å². The van der Waals surface area contributed by atoms with Crippen LogP contribution in [0.5, 0.6) is 5.75 Å². The Labute approximate surface area is 178 Å². The molecule has 164 valence electrons. The van der Waals surface area contributed by atoms with Crippen molar-refractivity contribution in [2.75, 3.05) is 18.4 Å². The molecule has 1 aliphatic rings. The van der Waals surface area contributed by atoms with E-state index >= 15 is 0 Å². The number of carbonyl (C=O) groups is 1. The minimum Gasteiger partial charge on any atom is -0.490 e. The van der Waals surface area contributed by atoms with Gasteiger partial charge in [0.1, 0.15) is 22.9 Å². The third-order valence-corrected chi connectivity index (χ3v) is 5.17. The molecule has 4 rings (SSSR count). The molecule has 1 amide bonds. The molecule has 0 aromatic carbocycles. The molecule has 2 N–H and O–H groups in total. The van der Waals surface area contributed by atoms with Gasteiger partial charge in [0.15, 0.2) is 0 Å². The molecule has 0 spiro atoms. The van der Waals surface area contributed by atoms with Crippen molar-refractivity contribution in [3.8, 4) is 5.75 Å². The van der Waals surface area contributed by atoms with Gasteiger partial charge >= 0.3 is 0 Å². The molecule has 3 aromatic rings. The Bertz CT molecular complexity index is 1080. The van der Waals surface area contributed by atoms with Crippen LogP contribution in [0, 0.1) is 0 Å². The molecule has 7 nitrogen and oxygen atoms in total. The molecule has 31 heavy (non-hydrogen) atoms. The van der Waals surface area contributed by atoms with Crippen LogP contribution in [0.1, 0.15) is 60.8 Å². The summed E-state index contributed by atoms with van der Waals surface area (Å²) in [5.41, 5.74) is 1.56. The van der Waals surface area contributed by atoms with Gasteiger partial charge < -0.3 is 19.8 Å². The lowest BCUT2D eigenvalue weighted by Crippen LogP contribution is -2.26. The number of anilines is 1. The van der Waals surface area contributed by atoms with E-state index in [1.807, 2.05) is 24.4 Å². The maximum atomic E-state index is 13.0. The van der Waals surface area contributed by atoms with Crippen molar-refractivity contribution in [2.24, 2.45) is 0 Å². The summed E-state index contributed by atoms with van der Waals surface area (Å²) in [5.74, 6) is 0.314. The van der Waals surface area contributed by atoms with Gasteiger partial charge in [-0.3, -0.25) is 4.79 Å². The zero-order valence-electron chi connectivity index (χ0n) is 17.4. The van der Waals surface area contributed by atoms with E-state index < -0.39 is 18.0 Å². The lowest BCUT2D eigenvalue weighted by atomic mass is 9.95. The summed E-state index contributed by atoms with van der Waals surface area (Å²) in [4.78, 5) is 21.5. The number of pyridine rings is 2. The lowest BCUT2D eigenvalue weighted by Gasteiger charge is -2.20. The number of fused-ring (bicyclic) bond motifs is 1. The molecule has 9 heteroatoms. The predicted octanol–water partition coefficient (Wildman–Crippen LogP) is 4.17. The standard InChI is InChI=1S/C22H25F2N5O2/c1-13(2)31-18-10-20-27-17(14-6-8-25-9-7-14)12-29(20)11-15(18)22(30)28-19-5-3-4-16(26-19)21(23)24/h3-5,10-14,21,25H,6-9H2,1-2H3,(H,26,28,30). The summed E-state index contributed by atoms with van der Waals surface area (Å²) in [6.45, 7) is 5.65. The molecule has 0 radical (unpaired) electrons. The average molecular weight is 429 g/mol. The number of rotatable bonds is 6. The molecule has 0 saturated carbocycles. The summed E-state index contributed by atoms with van der Waals surface area (Å²) in [5, 5.41) is 5.94. The molecule has 0 atom stereocenters. The second-order valence-corrected chi connectivity index (χ2v) is 7.88. The number of hydrogen-bond acceptors (Lipinski definition) is 5. The molecular formula is C22H25F2N5O2. The van der Waals surface area contributed by atoms with Gasteiger partial charge in [0.2, 0.25) is 0 Å². The highest BCUT2D eigenvalue weighted by Gasteiger charge is 2.21. The van der Waals surface area contributed by atoms with Crippen molar-refractivity contribution >= 4 is 17.4 Å². The van der Waals surface area contributed by atoms with Crippen LogP contribution in [-0.2, 0) is 0 Å². The van der Waals surface area contributed by atoms with E-state index in [-0.39, 0.29) is 17.5 Å². The Balaban J connectivity index is 1.67. The third kappa shape index (κ3) is 4.82. The van der Waals surface area contributed by atoms with Gasteiger partial charge in [0, 0.05) is 24.4 Å². The summed E-state index contributed by atoms with van der Waals surface area (Å²) >= 11 is 0. The van der Waals surface area contributed by atoms with Crippen LogP contribution in [0.4, 0.5) is 14.6 Å². The van der Waals surface area contributed by atoms with Gasteiger partial charge in [-0.1, -0.05) is 6.07 Å². The highest BCUT2D eigenvalue weighted by Crippen LogP contribution is 2.28. The van der Waals surface area contributed by atoms with E-state index in [1.165, 1.54) is 18.2 Å². The maximum Gasteiger partial charge on any atom is 0.280 e. The first-order valence-electron chi connectivity index (χ1n) is 10.4. The molecule has 0 aliphatic carbocycles. The third-order valence-electron chi connectivity index (χ3n) is 5.17. The van der Waals surface area contributed by atoms with Crippen molar-refractivity contribution in [3.63, 3.8) is 0 Å². The Kier molecular flexibility index (Phi) is 6.13. The van der Waals surface area contributed by atoms with Crippen LogP contribution >= 0.6 is 0 Å². The van der Waals surface area contributed by atoms with E-state index in [0.717, 1.165) is 31.6 Å². The van der Waals surface area contributed by atoms with Gasteiger partial charge in [-0.2, -0.15) is 0 Å². The molecule has 0 unspecified atom stereocenters. The number of piperidine rings is 1. The number of halogens is 2. The largest absolute Gasteiger partial charge is 0.490 e. The number of imidazole rings is 1. The first kappa shape index (κ1) is 21.2. The second-order valence-electron chi connectivity index (χ2n) is 7.88. The lowest BCUT2D eigenvalue weighted by molar-refractivity contribution is 0.101. The van der Waals surface area contributed by atoms with Crippen LogP contribution in [0.2, 0.25) is 0 Å². The fourth-order valence-electron chi connectivity index (χ4n) is 3.70. The van der Waals surface area contributed by atoms with E-state index in [9.17, 15) is 13.6 Å². The molecule has 1 saturated heterocycles. The second kappa shape index (κ2) is 8.97. The van der Waals surface area contributed by atoms with Crippen molar-refractivity contribution in [3.05, 3.63) is 53.6 Å². The quantitative estimate of drug-likeness (QED) is 0.615. The van der Waals surface area contributed by atoms with Crippen LogP contribution < -0.4 is 15.4 Å². The summed E-state index contributed by atoms with van der Waals surface area (Å²) in [6.07, 6.45) is 2.76. The first-order chi connectivity index (χ1) is 14.9. The number of carbonyl (C=O) groups excluding carboxylic acids is 1. The molecule has 0 bridgehead atoms. The number of amides is 1. The highest BCUT2D eigenvalue weighted by atomic mass is 19.3. The Morgan fingerprint density at radius 1 is 1.23 bits per heavy atom. The van der Waals surface area contributed by atoms with Gasteiger partial charge in [0.25, 0.3) is 12.3 Å². The number of hydrogen-bond donors (Lipinski definition) is 2. The van der Waals surface area contributed by atoms with Crippen LogP contribution in [0.25, 0.3) is 5.65 Å². The average Bonchev–Trinajstić information content (AvgIpc) is 3.16. The smallest absolute Gasteiger partial charge is 0.280 e. The normalized spacial score (nSPS) is 15.0. The van der Waals surface area contributed by atoms with Crippen molar-refractivity contribution in [1.29, 1.82) is 0 Å². The molecule has 1 fully saturated rings. The SMILES string of the molecule is CC(C)Oc1cc2nc(C3CCNCC3)cn2cc1C(=O)Nc1cccc(C(F)F)n1. The van der Waals surface area contributed by atoms with E-state index in [0.29, 0.717) is 17.3 Å². The van der Waals surface area contributed by atoms with Crippen molar-refractivity contribution in [2.45, 2.75) is 45.1 Å². The fraction of sp³-hybridized carbons (Fsp3) is 0.409. The van der Waals surface area contributed by atoms with Gasteiger partial charge in [-0.15, -0.1) is 0 Å². The first-order valence-corrected chi connectivity index (χ1v) is 10.4. The molecule has 4 heterocycles. The Morgan fingerprint density at radius 3 is 2.71 bits per heavy atom. The van der Waals surface area contributed by atoms with Crippen molar-refractivity contribution in [1.82, 2.24) is 19.7 Å². The Hall–Kier alpha value is -3.07. The molecule has 3 aromatic heterocycles. The zero-order valence-corrected chi connectivity index (χ0v) is 17.4. The molecule has 1 aliphatic heterocycles. The van der Waals surface area contributed by atoms with Crippen LogP contribution in [0.3, 0.4) is 0 Å². The van der Waals surface area contributed by atoms with E-state index in [1.54, 1.807) is 12.3 Å². The topological polar surface area (TPSA) is 80.5 Å². The minimum atomic E-state index is -2.72. The number of aromatic nitrogens is 3. The maximum absolute atomic E-state index is 13.0. The number of ether oxygens (including phenoxy) is 1. The number of nitrogens with zero attached hydrogens (tertiary/aromatic N) is 3. The van der Waals surface area contributed by atoms with Gasteiger partial charge in [0.05, 0.1) is 17.4 Å². The number of nitrogens with one attached hydrogen (secondary N) is 2. The summed E-state index contributed by atoms with van der Waals surface area (Å²) in [7, 11) is 0. The minimum absolute atomic E-state index is 0.0550. The predicted molar refractivity (Wildman–Crippen MR) is 113 cm³/mol.